The molecule has 256 valence electrons. The van der Waals surface area contributed by atoms with E-state index in [1.54, 1.807) is 14.2 Å². The van der Waals surface area contributed by atoms with Crippen LogP contribution in [-0.4, -0.2) is 83.4 Å². The molecule has 2 atom stereocenters. The molecule has 0 amide bonds. The molecule has 0 aliphatic carbocycles. The third-order valence-electron chi connectivity index (χ3n) is 9.83. The van der Waals surface area contributed by atoms with Crippen LogP contribution in [0.15, 0.2) is 60.9 Å². The number of ether oxygens (including phenoxy) is 4. The molecule has 2 aliphatic heterocycles. The smallest absolute Gasteiger partial charge is 0.336 e. The largest absolute Gasteiger partial charge is 0.497 e. The second-order valence-electron chi connectivity index (χ2n) is 13.1. The van der Waals surface area contributed by atoms with Gasteiger partial charge in [0.2, 0.25) is 0 Å². The first kappa shape index (κ1) is 33.6. The number of piperidine rings is 2. The van der Waals surface area contributed by atoms with Crippen LogP contribution in [0.2, 0.25) is 0 Å². The highest BCUT2D eigenvalue weighted by atomic mass is 16.5. The Morgan fingerprint density at radius 1 is 0.646 bits per heavy atom. The summed E-state index contributed by atoms with van der Waals surface area (Å²) in [6.07, 6.45) is 13.4. The van der Waals surface area contributed by atoms with Crippen molar-refractivity contribution in [1.82, 2.24) is 18.9 Å². The third-order valence-corrected chi connectivity index (χ3v) is 9.83. The summed E-state index contributed by atoms with van der Waals surface area (Å²) >= 11 is 0. The van der Waals surface area contributed by atoms with E-state index in [2.05, 4.69) is 32.8 Å². The molecule has 10 heteroatoms. The molecule has 4 aromatic rings. The van der Waals surface area contributed by atoms with Gasteiger partial charge in [0.15, 0.2) is 11.5 Å². The summed E-state index contributed by atoms with van der Waals surface area (Å²) in [5.41, 5.74) is 1.90. The van der Waals surface area contributed by atoms with Gasteiger partial charge in [-0.05, 0) is 102 Å². The predicted octanol–water partition coefficient (Wildman–Crippen LogP) is 6.43. The van der Waals surface area contributed by atoms with Crippen LogP contribution in [0.1, 0.15) is 52.4 Å². The Labute approximate surface area is 282 Å². The average Bonchev–Trinajstić information content (AvgIpc) is 3.63. The Kier molecular flexibility index (Phi) is 10.7. The lowest BCUT2D eigenvalue weighted by molar-refractivity contribution is -0.131. The van der Waals surface area contributed by atoms with Crippen molar-refractivity contribution in [1.29, 1.82) is 0 Å². The Bertz CT molecular complexity index is 1630. The van der Waals surface area contributed by atoms with Gasteiger partial charge in [0.05, 0.1) is 25.3 Å². The number of hydrogen-bond acceptors (Lipinski definition) is 8. The Morgan fingerprint density at radius 2 is 1.04 bits per heavy atom. The molecule has 0 spiro atoms. The Morgan fingerprint density at radius 3 is 1.42 bits per heavy atom. The number of benzene rings is 2. The summed E-state index contributed by atoms with van der Waals surface area (Å²) in [4.78, 5) is 31.1. The second-order valence-corrected chi connectivity index (χ2v) is 13.1. The van der Waals surface area contributed by atoms with E-state index in [0.29, 0.717) is 35.1 Å². The number of fused-ring (bicyclic) bond motifs is 2. The summed E-state index contributed by atoms with van der Waals surface area (Å²) in [5.74, 6) is 0.824. The third kappa shape index (κ3) is 7.71. The number of likely N-dealkylation sites (tertiary alicyclic amines) is 2. The van der Waals surface area contributed by atoms with Gasteiger partial charge in [-0.1, -0.05) is 12.8 Å². The van der Waals surface area contributed by atoms with E-state index in [-0.39, 0.29) is 0 Å². The Hall–Kier alpha value is -4.28. The summed E-state index contributed by atoms with van der Waals surface area (Å²) < 4.78 is 26.8. The summed E-state index contributed by atoms with van der Waals surface area (Å²) in [6.45, 7) is 10.4. The van der Waals surface area contributed by atoms with E-state index in [4.69, 9.17) is 18.9 Å². The number of hydrogen-bond donors (Lipinski definition) is 0. The van der Waals surface area contributed by atoms with Crippen LogP contribution in [0, 0.1) is 0 Å². The van der Waals surface area contributed by atoms with Crippen LogP contribution in [0.4, 0.5) is 0 Å². The number of aromatic nitrogens is 2. The van der Waals surface area contributed by atoms with Crippen molar-refractivity contribution in [3.8, 4) is 23.0 Å². The van der Waals surface area contributed by atoms with Gasteiger partial charge in [0.1, 0.15) is 11.5 Å². The predicted molar refractivity (Wildman–Crippen MR) is 187 cm³/mol. The normalized spacial score (nSPS) is 17.5. The zero-order valence-corrected chi connectivity index (χ0v) is 28.7. The number of nitrogens with zero attached hydrogens (tertiary/aromatic N) is 4. The molecule has 48 heavy (non-hydrogen) atoms. The minimum absolute atomic E-state index is 0.333. The maximum absolute atomic E-state index is 13.0. The van der Waals surface area contributed by atoms with E-state index in [9.17, 15) is 9.59 Å². The fourth-order valence-corrected chi connectivity index (χ4v) is 7.15. The fraction of sp³-hybridized carbons (Fsp3) is 0.474. The van der Waals surface area contributed by atoms with Crippen molar-refractivity contribution in [2.45, 2.75) is 77.5 Å². The molecule has 0 bridgehead atoms. The van der Waals surface area contributed by atoms with Gasteiger partial charge in [-0.3, -0.25) is 9.80 Å². The van der Waals surface area contributed by atoms with E-state index >= 15 is 0 Å². The van der Waals surface area contributed by atoms with Crippen molar-refractivity contribution in [3.05, 3.63) is 60.9 Å². The molecule has 0 N–H and O–H groups in total. The standard InChI is InChI=1S/C38H48N4O6/c1-27(39-17-7-5-8-18-39)23-41-25-35(31-21-29(45-3)11-13-33(31)41)47-37(43)15-16-38(44)48-36-26-42(24-28(2)40-19-9-6-10-20-40)34-14-12-30(46-4)22-32(34)36/h11-16,21-22,25-28H,5-10,17-20,23-24H2,1-4H3/b16-15+/t27-,28-/m1/s1. The van der Waals surface area contributed by atoms with Gasteiger partial charge >= 0.3 is 11.9 Å². The van der Waals surface area contributed by atoms with Gasteiger partial charge in [-0.25, -0.2) is 9.59 Å². The molecular formula is C38H48N4O6. The molecule has 2 aromatic heterocycles. The summed E-state index contributed by atoms with van der Waals surface area (Å²) in [6, 6.07) is 12.2. The van der Waals surface area contributed by atoms with E-state index < -0.39 is 11.9 Å². The van der Waals surface area contributed by atoms with Gasteiger partial charge in [-0.2, -0.15) is 0 Å². The first-order chi connectivity index (χ1) is 23.3. The zero-order chi connectivity index (χ0) is 33.6. The zero-order valence-electron chi connectivity index (χ0n) is 28.7. The maximum Gasteiger partial charge on any atom is 0.336 e. The summed E-state index contributed by atoms with van der Waals surface area (Å²) in [5, 5.41) is 1.54. The minimum Gasteiger partial charge on any atom is -0.497 e. The number of methoxy groups -OCH3 is 2. The molecule has 2 fully saturated rings. The van der Waals surface area contributed by atoms with Crippen LogP contribution in [0.3, 0.4) is 0 Å². The molecule has 0 unspecified atom stereocenters. The molecular weight excluding hydrogens is 608 g/mol. The first-order valence-electron chi connectivity index (χ1n) is 17.3. The van der Waals surface area contributed by atoms with E-state index in [1.165, 1.54) is 38.5 Å². The van der Waals surface area contributed by atoms with Gasteiger partial charge in [0.25, 0.3) is 0 Å². The lowest BCUT2D eigenvalue weighted by Gasteiger charge is -2.32. The van der Waals surface area contributed by atoms with Crippen LogP contribution >= 0.6 is 0 Å². The topological polar surface area (TPSA) is 87.4 Å². The lowest BCUT2D eigenvalue weighted by atomic mass is 10.1. The molecule has 2 saturated heterocycles. The van der Waals surface area contributed by atoms with Crippen molar-refractivity contribution in [2.75, 3.05) is 40.4 Å². The monoisotopic (exact) mass is 656 g/mol. The van der Waals surface area contributed by atoms with Crippen molar-refractivity contribution in [2.24, 2.45) is 0 Å². The van der Waals surface area contributed by atoms with Gasteiger partial charge < -0.3 is 28.1 Å². The molecule has 10 nitrogen and oxygen atoms in total. The fourth-order valence-electron chi connectivity index (χ4n) is 7.15. The molecule has 6 rings (SSSR count). The SMILES string of the molecule is COc1ccc2c(c1)c(OC(=O)/C=C/C(=O)Oc1cn(C[C@@H](C)N3CCCCC3)c3ccc(OC)cc13)cn2C[C@@H](C)N1CCCCC1. The number of carbonyl (C=O) groups excluding carboxylic acids is 2. The average molecular weight is 657 g/mol. The van der Waals surface area contributed by atoms with Gasteiger partial charge in [0, 0.05) is 60.5 Å². The lowest BCUT2D eigenvalue weighted by Crippen LogP contribution is -2.39. The minimum atomic E-state index is -0.669. The van der Waals surface area contributed by atoms with E-state index in [1.807, 2.05) is 48.8 Å². The molecule has 4 heterocycles. The molecule has 2 aliphatic rings. The van der Waals surface area contributed by atoms with Crippen LogP contribution < -0.4 is 18.9 Å². The molecule has 2 aromatic carbocycles. The highest BCUT2D eigenvalue weighted by Gasteiger charge is 2.22. The second kappa shape index (κ2) is 15.3. The Balaban J connectivity index is 1.16. The summed E-state index contributed by atoms with van der Waals surface area (Å²) in [7, 11) is 3.22. The highest BCUT2D eigenvalue weighted by molar-refractivity contribution is 5.97. The maximum atomic E-state index is 13.0. The van der Waals surface area contributed by atoms with Crippen molar-refractivity contribution < 1.29 is 28.5 Å². The van der Waals surface area contributed by atoms with Crippen molar-refractivity contribution >= 4 is 33.7 Å². The number of esters is 2. The van der Waals surface area contributed by atoms with Crippen LogP contribution in [0.25, 0.3) is 21.8 Å². The van der Waals surface area contributed by atoms with Gasteiger partial charge in [-0.15, -0.1) is 0 Å². The van der Waals surface area contributed by atoms with Crippen molar-refractivity contribution in [3.63, 3.8) is 0 Å². The highest BCUT2D eigenvalue weighted by Crippen LogP contribution is 2.34. The number of rotatable bonds is 12. The van der Waals surface area contributed by atoms with Crippen LogP contribution in [-0.2, 0) is 22.7 Å². The number of carbonyl (C=O) groups is 2. The van der Waals surface area contributed by atoms with Crippen LogP contribution in [0.5, 0.6) is 23.0 Å². The molecule has 0 saturated carbocycles. The first-order valence-corrected chi connectivity index (χ1v) is 17.3. The quantitative estimate of drug-likeness (QED) is 0.127. The molecule has 0 radical (unpaired) electrons. The van der Waals surface area contributed by atoms with E-state index in [0.717, 1.165) is 73.2 Å².